The van der Waals surface area contributed by atoms with E-state index >= 15 is 0 Å². The normalized spacial score (nSPS) is 21.4. The monoisotopic (exact) mass is 250 g/mol. The summed E-state index contributed by atoms with van der Waals surface area (Å²) in [5.74, 6) is 0.811. The van der Waals surface area contributed by atoms with Crippen LogP contribution >= 0.6 is 0 Å². The molecule has 1 aromatic rings. The van der Waals surface area contributed by atoms with Crippen molar-refractivity contribution in [1.29, 1.82) is 0 Å². The highest BCUT2D eigenvalue weighted by atomic mass is 15.3. The molecular weight excluding hydrogens is 224 g/mol. The average Bonchev–Trinajstić information content (AvgIpc) is 2.70. The third-order valence-electron chi connectivity index (χ3n) is 3.80. The van der Waals surface area contributed by atoms with Gasteiger partial charge >= 0.3 is 0 Å². The minimum Gasteiger partial charge on any atom is -0.312 e. The average molecular weight is 250 g/mol. The zero-order valence-corrected chi connectivity index (χ0v) is 11.9. The van der Waals surface area contributed by atoms with Gasteiger partial charge in [0.15, 0.2) is 0 Å². The fraction of sp³-hybridized carbons (Fsp3) is 0.786. The lowest BCUT2D eigenvalue weighted by molar-refractivity contribution is 0.206. The number of piperidine rings is 1. The van der Waals surface area contributed by atoms with Crippen LogP contribution in [-0.4, -0.2) is 41.4 Å². The van der Waals surface area contributed by atoms with Gasteiger partial charge in [0, 0.05) is 31.9 Å². The lowest BCUT2D eigenvalue weighted by Gasteiger charge is -2.29. The van der Waals surface area contributed by atoms with E-state index < -0.39 is 0 Å². The summed E-state index contributed by atoms with van der Waals surface area (Å²) in [6, 6.07) is 0. The Labute approximate surface area is 110 Å². The van der Waals surface area contributed by atoms with Gasteiger partial charge in [-0.25, -0.2) is 0 Å². The molecule has 2 heterocycles. The van der Waals surface area contributed by atoms with Crippen molar-refractivity contribution in [3.05, 3.63) is 17.5 Å². The summed E-state index contributed by atoms with van der Waals surface area (Å²) in [6.45, 7) is 6.75. The first-order chi connectivity index (χ1) is 8.69. The Morgan fingerprint density at radius 1 is 1.44 bits per heavy atom. The Morgan fingerprint density at radius 2 is 2.28 bits per heavy atom. The van der Waals surface area contributed by atoms with Gasteiger partial charge in [-0.15, -0.1) is 0 Å². The molecule has 1 saturated heterocycles. The zero-order chi connectivity index (χ0) is 13.0. The maximum Gasteiger partial charge on any atom is 0.0666 e. The van der Waals surface area contributed by atoms with Crippen molar-refractivity contribution < 1.29 is 0 Å². The van der Waals surface area contributed by atoms with Crippen LogP contribution in [0.25, 0.3) is 0 Å². The third-order valence-corrected chi connectivity index (χ3v) is 3.80. The largest absolute Gasteiger partial charge is 0.312 e. The van der Waals surface area contributed by atoms with Crippen LogP contribution in [0.2, 0.25) is 0 Å². The van der Waals surface area contributed by atoms with Gasteiger partial charge in [-0.3, -0.25) is 4.68 Å². The van der Waals surface area contributed by atoms with Crippen LogP contribution in [0.1, 0.15) is 31.0 Å². The first kappa shape index (κ1) is 13.6. The second kappa shape index (κ2) is 6.34. The highest BCUT2D eigenvalue weighted by Crippen LogP contribution is 2.14. The van der Waals surface area contributed by atoms with E-state index in [0.29, 0.717) is 0 Å². The third kappa shape index (κ3) is 3.56. The Bertz CT molecular complexity index is 372. The van der Waals surface area contributed by atoms with Gasteiger partial charge < -0.3 is 10.2 Å². The number of likely N-dealkylation sites (tertiary alicyclic amines) is 1. The Kier molecular flexibility index (Phi) is 4.78. The molecule has 0 bridgehead atoms. The van der Waals surface area contributed by atoms with Crippen LogP contribution in [-0.2, 0) is 20.0 Å². The van der Waals surface area contributed by atoms with Crippen LogP contribution in [0, 0.1) is 5.92 Å². The molecule has 4 nitrogen and oxygen atoms in total. The molecule has 1 aliphatic rings. The molecule has 0 amide bonds. The highest BCUT2D eigenvalue weighted by molar-refractivity contribution is 5.16. The van der Waals surface area contributed by atoms with E-state index in [1.807, 2.05) is 11.7 Å². The molecule has 102 valence electrons. The first-order valence-electron chi connectivity index (χ1n) is 7.09. The number of aryl methyl sites for hydroxylation is 2. The van der Waals surface area contributed by atoms with Crippen molar-refractivity contribution in [2.24, 2.45) is 13.0 Å². The summed E-state index contributed by atoms with van der Waals surface area (Å²) >= 11 is 0. The molecule has 1 fully saturated rings. The molecule has 0 spiro atoms. The van der Waals surface area contributed by atoms with E-state index in [4.69, 9.17) is 0 Å². The van der Waals surface area contributed by atoms with E-state index in [1.165, 1.54) is 37.2 Å². The van der Waals surface area contributed by atoms with Crippen LogP contribution < -0.4 is 5.32 Å². The molecule has 1 atom stereocenters. The molecule has 1 unspecified atom stereocenters. The topological polar surface area (TPSA) is 33.1 Å². The van der Waals surface area contributed by atoms with Crippen molar-refractivity contribution >= 4 is 0 Å². The Hall–Kier alpha value is -0.870. The quantitative estimate of drug-likeness (QED) is 0.858. The van der Waals surface area contributed by atoms with Crippen molar-refractivity contribution in [3.8, 4) is 0 Å². The van der Waals surface area contributed by atoms with E-state index in [1.54, 1.807) is 0 Å². The van der Waals surface area contributed by atoms with Crippen LogP contribution in [0.5, 0.6) is 0 Å². The molecule has 1 N–H and O–H groups in total. The van der Waals surface area contributed by atoms with E-state index in [0.717, 1.165) is 25.4 Å². The number of aromatic nitrogens is 2. The molecule has 1 aliphatic heterocycles. The van der Waals surface area contributed by atoms with Gasteiger partial charge in [-0.1, -0.05) is 6.92 Å². The van der Waals surface area contributed by atoms with Crippen molar-refractivity contribution in [2.45, 2.75) is 32.7 Å². The Morgan fingerprint density at radius 3 is 3.00 bits per heavy atom. The predicted molar refractivity (Wildman–Crippen MR) is 74.5 cm³/mol. The number of hydrogen-bond donors (Lipinski definition) is 1. The minimum absolute atomic E-state index is 0.811. The maximum atomic E-state index is 4.48. The summed E-state index contributed by atoms with van der Waals surface area (Å²) in [4.78, 5) is 2.44. The smallest absolute Gasteiger partial charge is 0.0666 e. The molecule has 0 aliphatic carbocycles. The van der Waals surface area contributed by atoms with Crippen LogP contribution in [0.3, 0.4) is 0 Å². The van der Waals surface area contributed by atoms with Gasteiger partial charge in [-0.05, 0) is 45.3 Å². The molecule has 2 rings (SSSR count). The maximum absolute atomic E-state index is 4.48. The lowest BCUT2D eigenvalue weighted by Crippen LogP contribution is -2.37. The summed E-state index contributed by atoms with van der Waals surface area (Å²) in [7, 11) is 4.22. The number of hydrogen-bond acceptors (Lipinski definition) is 3. The van der Waals surface area contributed by atoms with Gasteiger partial charge in [-0.2, -0.15) is 5.10 Å². The van der Waals surface area contributed by atoms with Gasteiger partial charge in [0.05, 0.1) is 5.69 Å². The minimum atomic E-state index is 0.811. The fourth-order valence-corrected chi connectivity index (χ4v) is 2.88. The van der Waals surface area contributed by atoms with E-state index in [9.17, 15) is 0 Å². The first-order valence-corrected chi connectivity index (χ1v) is 7.09. The lowest BCUT2D eigenvalue weighted by atomic mass is 9.98. The number of rotatable bonds is 5. The summed E-state index contributed by atoms with van der Waals surface area (Å²) in [6.07, 6.45) is 5.86. The SMILES string of the molecule is CCc1nn(C)cc1CNCC1CCCN(C)C1. The predicted octanol–water partition coefficient (Wildman–Crippen LogP) is 1.41. The molecule has 0 aromatic carbocycles. The summed E-state index contributed by atoms with van der Waals surface area (Å²) < 4.78 is 1.92. The van der Waals surface area contributed by atoms with Gasteiger partial charge in [0.2, 0.25) is 0 Å². The van der Waals surface area contributed by atoms with Crippen molar-refractivity contribution in [3.63, 3.8) is 0 Å². The molecular formula is C14H26N4. The molecule has 18 heavy (non-hydrogen) atoms. The summed E-state index contributed by atoms with van der Waals surface area (Å²) in [5, 5.41) is 8.08. The number of nitrogens with one attached hydrogen (secondary N) is 1. The van der Waals surface area contributed by atoms with Crippen molar-refractivity contribution in [2.75, 3.05) is 26.7 Å². The fourth-order valence-electron chi connectivity index (χ4n) is 2.88. The standard InChI is InChI=1S/C14H26N4/c1-4-14-13(11-18(3)16-14)9-15-8-12-6-5-7-17(2)10-12/h11-12,15H,4-10H2,1-3H3. The summed E-state index contributed by atoms with van der Waals surface area (Å²) in [5.41, 5.74) is 2.58. The molecule has 0 radical (unpaired) electrons. The highest BCUT2D eigenvalue weighted by Gasteiger charge is 2.16. The second-order valence-electron chi connectivity index (χ2n) is 5.53. The van der Waals surface area contributed by atoms with E-state index in [2.05, 4.69) is 35.5 Å². The van der Waals surface area contributed by atoms with Gasteiger partial charge in [0.25, 0.3) is 0 Å². The van der Waals surface area contributed by atoms with Crippen LogP contribution in [0.15, 0.2) is 6.20 Å². The molecule has 4 heteroatoms. The second-order valence-corrected chi connectivity index (χ2v) is 5.53. The van der Waals surface area contributed by atoms with Crippen LogP contribution in [0.4, 0.5) is 0 Å². The zero-order valence-electron chi connectivity index (χ0n) is 11.9. The Balaban J connectivity index is 1.77. The van der Waals surface area contributed by atoms with E-state index in [-0.39, 0.29) is 0 Å². The molecule has 0 saturated carbocycles. The van der Waals surface area contributed by atoms with Gasteiger partial charge in [0.1, 0.15) is 0 Å². The molecule has 1 aromatic heterocycles. The number of nitrogens with zero attached hydrogens (tertiary/aromatic N) is 3. The van der Waals surface area contributed by atoms with Crippen molar-refractivity contribution in [1.82, 2.24) is 20.0 Å².